The van der Waals surface area contributed by atoms with Crippen LogP contribution in [0.3, 0.4) is 0 Å². The molecule has 0 radical (unpaired) electrons. The first-order valence-electron chi connectivity index (χ1n) is 8.09. The molecule has 1 aliphatic heterocycles. The van der Waals surface area contributed by atoms with Crippen LogP contribution in [0.1, 0.15) is 5.56 Å². The zero-order valence-corrected chi connectivity index (χ0v) is 15.5. The summed E-state index contributed by atoms with van der Waals surface area (Å²) in [6.07, 6.45) is 2.88. The second-order valence-corrected chi connectivity index (χ2v) is 6.48. The second-order valence-electron chi connectivity index (χ2n) is 5.67. The predicted octanol–water partition coefficient (Wildman–Crippen LogP) is 2.63. The van der Waals surface area contributed by atoms with E-state index in [1.54, 1.807) is 18.2 Å². The molecule has 0 saturated carbocycles. The van der Waals surface area contributed by atoms with E-state index in [9.17, 15) is 4.79 Å². The highest BCUT2D eigenvalue weighted by molar-refractivity contribution is 6.35. The van der Waals surface area contributed by atoms with E-state index < -0.39 is 0 Å². The third kappa shape index (κ3) is 5.28. The highest BCUT2D eigenvalue weighted by Gasteiger charge is 2.14. The molecule has 1 aliphatic rings. The number of benzene rings is 1. The summed E-state index contributed by atoms with van der Waals surface area (Å²) in [5.74, 6) is 0.538. The average molecular weight is 397 g/mol. The fraction of sp³-hybridized carbons (Fsp3) is 0.353. The quantitative estimate of drug-likeness (QED) is 0.808. The lowest BCUT2D eigenvalue weighted by molar-refractivity contribution is -0.118. The maximum absolute atomic E-state index is 12.0. The number of halogens is 2. The van der Waals surface area contributed by atoms with Gasteiger partial charge >= 0.3 is 0 Å². The molecule has 1 amide bonds. The van der Waals surface area contributed by atoms with Crippen LogP contribution in [-0.4, -0.2) is 53.6 Å². The molecule has 2 heterocycles. The normalized spacial score (nSPS) is 14.8. The Hall–Kier alpha value is -1.93. The molecule has 1 N–H and O–H groups in total. The van der Waals surface area contributed by atoms with Crippen molar-refractivity contribution in [3.05, 3.63) is 46.2 Å². The SMILES string of the molecule is O=C(CN1CCOCC1)Nc1cnc(OCc2c(Cl)cccc2Cl)cn1. The van der Waals surface area contributed by atoms with E-state index in [1.165, 1.54) is 12.4 Å². The molecule has 9 heteroatoms. The standard InChI is InChI=1S/C17H18Cl2N4O3/c18-13-2-1-3-14(19)12(13)11-26-17-9-20-15(8-21-17)22-16(24)10-23-4-6-25-7-5-23/h1-3,8-9H,4-7,10-11H2,(H,20,22,24). The van der Waals surface area contributed by atoms with E-state index in [0.717, 1.165) is 13.1 Å². The number of carbonyl (C=O) groups is 1. The summed E-state index contributed by atoms with van der Waals surface area (Å²) in [4.78, 5) is 22.3. The van der Waals surface area contributed by atoms with Crippen molar-refractivity contribution in [2.24, 2.45) is 0 Å². The van der Waals surface area contributed by atoms with Crippen LogP contribution in [0.25, 0.3) is 0 Å². The van der Waals surface area contributed by atoms with Crippen LogP contribution in [-0.2, 0) is 16.1 Å². The summed E-state index contributed by atoms with van der Waals surface area (Å²) in [6, 6.07) is 5.25. The van der Waals surface area contributed by atoms with Gasteiger partial charge in [0.2, 0.25) is 11.8 Å². The Kier molecular flexibility index (Phi) is 6.62. The van der Waals surface area contributed by atoms with Gasteiger partial charge in [0.1, 0.15) is 6.61 Å². The largest absolute Gasteiger partial charge is 0.472 e. The summed E-state index contributed by atoms with van der Waals surface area (Å²) in [5, 5.41) is 3.77. The lowest BCUT2D eigenvalue weighted by Crippen LogP contribution is -2.41. The first-order valence-corrected chi connectivity index (χ1v) is 8.85. The van der Waals surface area contributed by atoms with Gasteiger partial charge in [0.05, 0.1) is 32.2 Å². The molecule has 0 atom stereocenters. The van der Waals surface area contributed by atoms with Crippen molar-refractivity contribution in [2.75, 3.05) is 38.2 Å². The molecule has 2 aromatic rings. The number of hydrogen-bond donors (Lipinski definition) is 1. The summed E-state index contributed by atoms with van der Waals surface area (Å²) >= 11 is 12.2. The van der Waals surface area contributed by atoms with E-state index >= 15 is 0 Å². The topological polar surface area (TPSA) is 76.6 Å². The smallest absolute Gasteiger partial charge is 0.239 e. The van der Waals surface area contributed by atoms with Crippen molar-refractivity contribution in [2.45, 2.75) is 6.61 Å². The number of hydrogen-bond acceptors (Lipinski definition) is 6. The van der Waals surface area contributed by atoms with Crippen LogP contribution in [0.2, 0.25) is 10.0 Å². The van der Waals surface area contributed by atoms with Crippen molar-refractivity contribution in [1.29, 1.82) is 0 Å². The van der Waals surface area contributed by atoms with Crippen molar-refractivity contribution in [3.63, 3.8) is 0 Å². The van der Waals surface area contributed by atoms with Gasteiger partial charge < -0.3 is 14.8 Å². The van der Waals surface area contributed by atoms with Gasteiger partial charge in [-0.2, -0.15) is 0 Å². The van der Waals surface area contributed by atoms with Gasteiger partial charge in [-0.3, -0.25) is 9.69 Å². The van der Waals surface area contributed by atoms with E-state index in [2.05, 4.69) is 15.3 Å². The maximum Gasteiger partial charge on any atom is 0.239 e. The van der Waals surface area contributed by atoms with Crippen molar-refractivity contribution < 1.29 is 14.3 Å². The highest BCUT2D eigenvalue weighted by atomic mass is 35.5. The Labute approximate surface area is 161 Å². The minimum atomic E-state index is -0.141. The summed E-state index contributed by atoms with van der Waals surface area (Å²) in [7, 11) is 0. The molecule has 0 spiro atoms. The Bertz CT molecular complexity index is 732. The minimum absolute atomic E-state index is 0.141. The predicted molar refractivity (Wildman–Crippen MR) is 98.7 cm³/mol. The lowest BCUT2D eigenvalue weighted by Gasteiger charge is -2.25. The molecule has 7 nitrogen and oxygen atoms in total. The van der Waals surface area contributed by atoms with Crippen molar-refractivity contribution in [1.82, 2.24) is 14.9 Å². The zero-order chi connectivity index (χ0) is 18.4. The summed E-state index contributed by atoms with van der Waals surface area (Å²) in [6.45, 7) is 3.26. The lowest BCUT2D eigenvalue weighted by atomic mass is 10.2. The number of carbonyl (C=O) groups excluding carboxylic acids is 1. The number of ether oxygens (including phenoxy) is 2. The molecular formula is C17H18Cl2N4O3. The first kappa shape index (κ1) is 18.8. The first-order chi connectivity index (χ1) is 12.6. The third-order valence-electron chi connectivity index (χ3n) is 3.79. The molecule has 0 aliphatic carbocycles. The van der Waals surface area contributed by atoms with Crippen molar-refractivity contribution in [3.8, 4) is 5.88 Å². The molecular weight excluding hydrogens is 379 g/mol. The maximum atomic E-state index is 12.0. The van der Waals surface area contributed by atoms with Gasteiger partial charge in [-0.1, -0.05) is 29.3 Å². The monoisotopic (exact) mass is 396 g/mol. The van der Waals surface area contributed by atoms with Gasteiger partial charge in [-0.25, -0.2) is 9.97 Å². The van der Waals surface area contributed by atoms with Gasteiger partial charge in [0.25, 0.3) is 0 Å². The zero-order valence-electron chi connectivity index (χ0n) is 14.0. The van der Waals surface area contributed by atoms with E-state index in [1.807, 2.05) is 4.90 Å². The molecule has 138 valence electrons. The number of anilines is 1. The number of morpholine rings is 1. The number of aromatic nitrogens is 2. The van der Waals surface area contributed by atoms with Gasteiger partial charge in [-0.05, 0) is 12.1 Å². The van der Waals surface area contributed by atoms with Gasteiger partial charge in [0, 0.05) is 28.7 Å². The third-order valence-corrected chi connectivity index (χ3v) is 4.50. The van der Waals surface area contributed by atoms with Crippen LogP contribution >= 0.6 is 23.2 Å². The Morgan fingerprint density at radius 3 is 2.58 bits per heavy atom. The number of amides is 1. The van der Waals surface area contributed by atoms with Gasteiger partial charge in [-0.15, -0.1) is 0 Å². The molecule has 3 rings (SSSR count). The Balaban J connectivity index is 1.51. The fourth-order valence-corrected chi connectivity index (χ4v) is 2.92. The second kappa shape index (κ2) is 9.14. The number of rotatable bonds is 6. The molecule has 26 heavy (non-hydrogen) atoms. The van der Waals surface area contributed by atoms with E-state index in [0.29, 0.717) is 47.1 Å². The summed E-state index contributed by atoms with van der Waals surface area (Å²) < 4.78 is 10.8. The minimum Gasteiger partial charge on any atom is -0.472 e. The van der Waals surface area contributed by atoms with E-state index in [-0.39, 0.29) is 12.5 Å². The van der Waals surface area contributed by atoms with Crippen LogP contribution < -0.4 is 10.1 Å². The molecule has 1 aromatic heterocycles. The molecule has 0 unspecified atom stereocenters. The van der Waals surface area contributed by atoms with Gasteiger partial charge in [0.15, 0.2) is 5.82 Å². The van der Waals surface area contributed by atoms with Crippen LogP contribution in [0.15, 0.2) is 30.6 Å². The van der Waals surface area contributed by atoms with Crippen LogP contribution in [0.4, 0.5) is 5.82 Å². The molecule has 1 fully saturated rings. The fourth-order valence-electron chi connectivity index (χ4n) is 2.42. The molecule has 0 bridgehead atoms. The van der Waals surface area contributed by atoms with Crippen LogP contribution in [0, 0.1) is 0 Å². The van der Waals surface area contributed by atoms with Crippen molar-refractivity contribution >= 4 is 34.9 Å². The number of nitrogens with one attached hydrogen (secondary N) is 1. The number of nitrogens with zero attached hydrogens (tertiary/aromatic N) is 3. The van der Waals surface area contributed by atoms with Crippen LogP contribution in [0.5, 0.6) is 5.88 Å². The molecule has 1 aromatic carbocycles. The Morgan fingerprint density at radius 2 is 1.92 bits per heavy atom. The van der Waals surface area contributed by atoms with E-state index in [4.69, 9.17) is 32.7 Å². The molecule has 1 saturated heterocycles. The highest BCUT2D eigenvalue weighted by Crippen LogP contribution is 2.25. The average Bonchev–Trinajstić information content (AvgIpc) is 2.63. The Morgan fingerprint density at radius 1 is 1.19 bits per heavy atom. The summed E-state index contributed by atoms with van der Waals surface area (Å²) in [5.41, 5.74) is 0.681.